The van der Waals surface area contributed by atoms with Gasteiger partial charge in [0.2, 0.25) is 0 Å². The summed E-state index contributed by atoms with van der Waals surface area (Å²) < 4.78 is 0. The highest BCUT2D eigenvalue weighted by Gasteiger charge is 2.62. The topological polar surface area (TPSA) is 57.6 Å². The zero-order valence-electron chi connectivity index (χ0n) is 11.1. The number of amides is 1. The molecule has 3 rings (SSSR count). The third-order valence-electron chi connectivity index (χ3n) is 4.77. The zero-order chi connectivity index (χ0) is 13.8. The predicted molar refractivity (Wildman–Crippen MR) is 70.1 cm³/mol. The van der Waals surface area contributed by atoms with Gasteiger partial charge in [0.1, 0.15) is 0 Å². The van der Waals surface area contributed by atoms with Crippen molar-refractivity contribution >= 4 is 11.9 Å². The van der Waals surface area contributed by atoms with E-state index in [2.05, 4.69) is 13.8 Å². The van der Waals surface area contributed by atoms with Crippen molar-refractivity contribution in [3.63, 3.8) is 0 Å². The Hall–Kier alpha value is -1.84. The lowest BCUT2D eigenvalue weighted by molar-refractivity contribution is 0.0697. The largest absolute Gasteiger partial charge is 0.478 e. The zero-order valence-corrected chi connectivity index (χ0v) is 11.1. The molecule has 1 heterocycles. The first-order valence-corrected chi connectivity index (χ1v) is 6.54. The number of benzene rings is 1. The van der Waals surface area contributed by atoms with Gasteiger partial charge in [-0.3, -0.25) is 4.79 Å². The van der Waals surface area contributed by atoms with Gasteiger partial charge in [-0.2, -0.15) is 0 Å². The van der Waals surface area contributed by atoms with Gasteiger partial charge in [0.25, 0.3) is 5.91 Å². The van der Waals surface area contributed by atoms with Gasteiger partial charge in [-0.25, -0.2) is 4.79 Å². The molecule has 0 aromatic heterocycles. The molecule has 4 heteroatoms. The fourth-order valence-electron chi connectivity index (χ4n) is 3.27. The van der Waals surface area contributed by atoms with Crippen LogP contribution in [-0.4, -0.2) is 35.0 Å². The van der Waals surface area contributed by atoms with E-state index in [-0.39, 0.29) is 11.5 Å². The molecular weight excluding hydrogens is 242 g/mol. The highest BCUT2D eigenvalue weighted by Crippen LogP contribution is 2.62. The monoisotopic (exact) mass is 259 g/mol. The Morgan fingerprint density at radius 3 is 2.37 bits per heavy atom. The third-order valence-corrected chi connectivity index (χ3v) is 4.77. The van der Waals surface area contributed by atoms with E-state index in [4.69, 9.17) is 5.11 Å². The summed E-state index contributed by atoms with van der Waals surface area (Å²) in [6.45, 7) is 6.09. The molecule has 19 heavy (non-hydrogen) atoms. The number of aromatic carboxylic acids is 1. The van der Waals surface area contributed by atoms with E-state index in [1.54, 1.807) is 12.1 Å². The molecule has 1 saturated carbocycles. The predicted octanol–water partition coefficient (Wildman–Crippen LogP) is 2.11. The second-order valence-corrected chi connectivity index (χ2v) is 6.13. The first kappa shape index (κ1) is 12.2. The molecule has 1 aliphatic heterocycles. The molecule has 1 aromatic rings. The van der Waals surface area contributed by atoms with Gasteiger partial charge < -0.3 is 10.0 Å². The second-order valence-electron chi connectivity index (χ2n) is 6.13. The van der Waals surface area contributed by atoms with Crippen molar-refractivity contribution in [3.05, 3.63) is 35.4 Å². The van der Waals surface area contributed by atoms with Crippen LogP contribution in [0, 0.1) is 17.3 Å². The molecule has 1 amide bonds. The minimum Gasteiger partial charge on any atom is -0.478 e. The molecule has 1 aliphatic carbocycles. The lowest BCUT2D eigenvalue weighted by Gasteiger charge is -2.22. The molecule has 1 saturated heterocycles. The summed E-state index contributed by atoms with van der Waals surface area (Å²) in [5.74, 6) is 0.171. The molecular formula is C15H17NO3. The Morgan fingerprint density at radius 1 is 1.21 bits per heavy atom. The van der Waals surface area contributed by atoms with Gasteiger partial charge in [-0.1, -0.05) is 19.9 Å². The van der Waals surface area contributed by atoms with Gasteiger partial charge in [0, 0.05) is 18.7 Å². The number of carboxylic acids is 1. The summed E-state index contributed by atoms with van der Waals surface area (Å²) in [4.78, 5) is 25.1. The lowest BCUT2D eigenvalue weighted by atomic mass is 10.1. The van der Waals surface area contributed by atoms with E-state index in [0.717, 1.165) is 13.1 Å². The van der Waals surface area contributed by atoms with Crippen LogP contribution < -0.4 is 0 Å². The number of hydrogen-bond acceptors (Lipinski definition) is 2. The van der Waals surface area contributed by atoms with Crippen molar-refractivity contribution in [2.24, 2.45) is 17.3 Å². The van der Waals surface area contributed by atoms with Gasteiger partial charge in [-0.05, 0) is 35.4 Å². The fourth-order valence-corrected chi connectivity index (χ4v) is 3.27. The standard InChI is InChI=1S/C15H17NO3/c1-15(2)11-7-16(8-12(11)15)13(17)9-4-3-5-10(6-9)14(18)19/h3-6,11-12H,7-8H2,1-2H3,(H,18,19)/t11-,12+. The average molecular weight is 259 g/mol. The van der Waals surface area contributed by atoms with Gasteiger partial charge in [0.05, 0.1) is 5.56 Å². The third kappa shape index (κ3) is 1.82. The van der Waals surface area contributed by atoms with Crippen LogP contribution in [-0.2, 0) is 0 Å². The number of piperidine rings is 1. The van der Waals surface area contributed by atoms with Crippen LogP contribution >= 0.6 is 0 Å². The molecule has 0 unspecified atom stereocenters. The number of carbonyl (C=O) groups excluding carboxylic acids is 1. The molecule has 2 aliphatic rings. The molecule has 2 fully saturated rings. The highest BCUT2D eigenvalue weighted by molar-refractivity contribution is 5.97. The number of carboxylic acid groups (broad SMARTS) is 1. The van der Waals surface area contributed by atoms with Crippen molar-refractivity contribution in [2.75, 3.05) is 13.1 Å². The number of rotatable bonds is 2. The molecule has 0 bridgehead atoms. The quantitative estimate of drug-likeness (QED) is 0.885. The SMILES string of the molecule is CC1(C)[C@@H]2CN(C(=O)c3cccc(C(=O)O)c3)C[C@@H]21. The number of carbonyl (C=O) groups is 2. The average Bonchev–Trinajstić information content (AvgIpc) is 2.79. The van der Waals surface area contributed by atoms with E-state index < -0.39 is 5.97 Å². The maximum Gasteiger partial charge on any atom is 0.335 e. The number of fused-ring (bicyclic) bond motifs is 1. The smallest absolute Gasteiger partial charge is 0.335 e. The molecule has 2 atom stereocenters. The first-order valence-electron chi connectivity index (χ1n) is 6.54. The van der Waals surface area contributed by atoms with E-state index in [1.807, 2.05) is 4.90 Å². The van der Waals surface area contributed by atoms with E-state index in [1.165, 1.54) is 12.1 Å². The first-order chi connectivity index (χ1) is 8.91. The van der Waals surface area contributed by atoms with Crippen LogP contribution in [0.1, 0.15) is 34.6 Å². The van der Waals surface area contributed by atoms with Crippen LogP contribution in [0.15, 0.2) is 24.3 Å². The van der Waals surface area contributed by atoms with Gasteiger partial charge in [0.15, 0.2) is 0 Å². The van der Waals surface area contributed by atoms with E-state index >= 15 is 0 Å². The van der Waals surface area contributed by atoms with Crippen LogP contribution in [0.3, 0.4) is 0 Å². The minimum atomic E-state index is -1.000. The number of nitrogens with zero attached hydrogens (tertiary/aromatic N) is 1. The van der Waals surface area contributed by atoms with E-state index in [9.17, 15) is 9.59 Å². The lowest BCUT2D eigenvalue weighted by Crippen LogP contribution is -2.32. The second kappa shape index (κ2) is 3.83. The number of hydrogen-bond donors (Lipinski definition) is 1. The summed E-state index contributed by atoms with van der Waals surface area (Å²) in [6.07, 6.45) is 0. The summed E-state index contributed by atoms with van der Waals surface area (Å²) in [5.41, 5.74) is 1.01. The van der Waals surface area contributed by atoms with Crippen LogP contribution in [0.5, 0.6) is 0 Å². The van der Waals surface area contributed by atoms with E-state index in [0.29, 0.717) is 22.8 Å². The summed E-state index contributed by atoms with van der Waals surface area (Å²) in [6, 6.07) is 6.27. The van der Waals surface area contributed by atoms with Crippen LogP contribution in [0.4, 0.5) is 0 Å². The van der Waals surface area contributed by atoms with Crippen molar-refractivity contribution in [2.45, 2.75) is 13.8 Å². The molecule has 100 valence electrons. The summed E-state index contributed by atoms with van der Waals surface area (Å²) in [5, 5.41) is 8.95. The van der Waals surface area contributed by atoms with Crippen LogP contribution in [0.25, 0.3) is 0 Å². The maximum atomic E-state index is 12.3. The summed E-state index contributed by atoms with van der Waals surface area (Å²) in [7, 11) is 0. The van der Waals surface area contributed by atoms with Crippen molar-refractivity contribution in [1.82, 2.24) is 4.90 Å². The Balaban J connectivity index is 1.75. The van der Waals surface area contributed by atoms with Crippen molar-refractivity contribution in [3.8, 4) is 0 Å². The Labute approximate surface area is 112 Å². The minimum absolute atomic E-state index is 0.0499. The molecule has 0 spiro atoms. The Morgan fingerprint density at radius 2 is 1.79 bits per heavy atom. The number of likely N-dealkylation sites (tertiary alicyclic amines) is 1. The molecule has 0 radical (unpaired) electrons. The molecule has 1 N–H and O–H groups in total. The maximum absolute atomic E-state index is 12.3. The Bertz CT molecular complexity index is 550. The normalized spacial score (nSPS) is 26.9. The van der Waals surface area contributed by atoms with Crippen molar-refractivity contribution in [1.29, 1.82) is 0 Å². The Kier molecular flexibility index (Phi) is 2.46. The summed E-state index contributed by atoms with van der Waals surface area (Å²) >= 11 is 0. The van der Waals surface area contributed by atoms with Crippen molar-refractivity contribution < 1.29 is 14.7 Å². The van der Waals surface area contributed by atoms with Gasteiger partial charge >= 0.3 is 5.97 Å². The van der Waals surface area contributed by atoms with Gasteiger partial charge in [-0.15, -0.1) is 0 Å². The van der Waals surface area contributed by atoms with Crippen LogP contribution in [0.2, 0.25) is 0 Å². The molecule has 1 aromatic carbocycles. The molecule has 4 nitrogen and oxygen atoms in total. The fraction of sp³-hybridized carbons (Fsp3) is 0.467. The highest BCUT2D eigenvalue weighted by atomic mass is 16.4.